The second-order valence-electron chi connectivity index (χ2n) is 4.99. The van der Waals surface area contributed by atoms with E-state index in [-0.39, 0.29) is 0 Å². The Hall–Kier alpha value is -2.84. The first kappa shape index (κ1) is 17.5. The minimum atomic E-state index is -1.70. The van der Waals surface area contributed by atoms with Crippen LogP contribution in [0.5, 0.6) is 23.0 Å². The van der Waals surface area contributed by atoms with Gasteiger partial charge in [-0.3, -0.25) is 0 Å². The van der Waals surface area contributed by atoms with E-state index in [2.05, 4.69) is 5.92 Å². The smallest absolute Gasteiger partial charge is 0.180 e. The third-order valence-electron chi connectivity index (χ3n) is 3.81. The van der Waals surface area contributed by atoms with Gasteiger partial charge in [0.2, 0.25) is 0 Å². The fourth-order valence-electron chi connectivity index (χ4n) is 2.48. The summed E-state index contributed by atoms with van der Waals surface area (Å²) in [5.74, 6) is 4.48. The van der Waals surface area contributed by atoms with Gasteiger partial charge in [-0.1, -0.05) is 12.0 Å². The lowest BCUT2D eigenvalue weighted by molar-refractivity contribution is 0.141. The fourth-order valence-corrected chi connectivity index (χ4v) is 2.48. The molecule has 0 fully saturated rings. The summed E-state index contributed by atoms with van der Waals surface area (Å²) in [6.45, 7) is 0. The lowest BCUT2D eigenvalue weighted by Gasteiger charge is -2.26. The molecule has 2 aromatic rings. The fraction of sp³-hybridized carbons (Fsp3) is 0.263. The third kappa shape index (κ3) is 2.97. The summed E-state index contributed by atoms with van der Waals surface area (Å²) in [5.41, 5.74) is -0.802. The molecular weight excluding hydrogens is 308 g/mol. The highest BCUT2D eigenvalue weighted by molar-refractivity contribution is 5.55. The van der Waals surface area contributed by atoms with Crippen LogP contribution in [0, 0.1) is 12.3 Å². The van der Waals surface area contributed by atoms with Gasteiger partial charge in [-0.2, -0.15) is 0 Å². The van der Waals surface area contributed by atoms with E-state index >= 15 is 0 Å². The molecule has 0 aromatic heterocycles. The largest absolute Gasteiger partial charge is 0.497 e. The standard InChI is InChI=1S/C19H20O5/c1-6-19(20,13-7-10-16(22-3)18(11-13)24-5)15-9-8-14(21-2)12-17(15)23-4/h1,7-12,20H,2-5H3. The number of aliphatic hydroxyl groups is 1. The summed E-state index contributed by atoms with van der Waals surface area (Å²) in [7, 11) is 6.11. The normalized spacial score (nSPS) is 12.7. The average Bonchev–Trinajstić information content (AvgIpc) is 2.66. The van der Waals surface area contributed by atoms with Crippen molar-refractivity contribution in [1.29, 1.82) is 0 Å². The maximum absolute atomic E-state index is 11.2. The number of hydrogen-bond acceptors (Lipinski definition) is 5. The Bertz CT molecular complexity index is 763. The molecule has 0 aliphatic carbocycles. The number of ether oxygens (including phenoxy) is 4. The quantitative estimate of drug-likeness (QED) is 0.826. The van der Waals surface area contributed by atoms with Crippen molar-refractivity contribution in [3.8, 4) is 35.3 Å². The predicted molar refractivity (Wildman–Crippen MR) is 90.9 cm³/mol. The van der Waals surface area contributed by atoms with Gasteiger partial charge >= 0.3 is 0 Å². The number of methoxy groups -OCH3 is 4. The zero-order chi connectivity index (χ0) is 17.7. The minimum Gasteiger partial charge on any atom is -0.497 e. The maximum Gasteiger partial charge on any atom is 0.180 e. The lowest BCUT2D eigenvalue weighted by Crippen LogP contribution is -2.26. The van der Waals surface area contributed by atoms with Gasteiger partial charge in [-0.05, 0) is 24.3 Å². The van der Waals surface area contributed by atoms with Crippen molar-refractivity contribution in [3.05, 3.63) is 47.5 Å². The Morgan fingerprint density at radius 1 is 0.833 bits per heavy atom. The second kappa shape index (κ2) is 7.16. The first-order chi connectivity index (χ1) is 11.5. The zero-order valence-electron chi connectivity index (χ0n) is 14.1. The Kier molecular flexibility index (Phi) is 5.22. The molecule has 2 rings (SSSR count). The van der Waals surface area contributed by atoms with E-state index in [9.17, 15) is 5.11 Å². The van der Waals surface area contributed by atoms with Gasteiger partial charge in [0.1, 0.15) is 11.5 Å². The SMILES string of the molecule is C#CC(O)(c1ccc(OC)c(OC)c1)c1ccc(OC)cc1OC. The molecule has 2 aromatic carbocycles. The van der Waals surface area contributed by atoms with Crippen molar-refractivity contribution in [2.45, 2.75) is 5.60 Å². The molecular formula is C19H20O5. The molecule has 0 spiro atoms. The first-order valence-corrected chi connectivity index (χ1v) is 7.19. The van der Waals surface area contributed by atoms with E-state index in [1.807, 2.05) is 0 Å². The number of rotatable bonds is 6. The topological polar surface area (TPSA) is 57.2 Å². The highest BCUT2D eigenvalue weighted by atomic mass is 16.5. The van der Waals surface area contributed by atoms with Gasteiger partial charge in [0.15, 0.2) is 17.1 Å². The summed E-state index contributed by atoms with van der Waals surface area (Å²) in [6.07, 6.45) is 5.67. The van der Waals surface area contributed by atoms with Crippen molar-refractivity contribution in [2.75, 3.05) is 28.4 Å². The third-order valence-corrected chi connectivity index (χ3v) is 3.81. The van der Waals surface area contributed by atoms with Gasteiger partial charge in [0, 0.05) is 17.2 Å². The van der Waals surface area contributed by atoms with Gasteiger partial charge in [-0.25, -0.2) is 0 Å². The van der Waals surface area contributed by atoms with Crippen molar-refractivity contribution < 1.29 is 24.1 Å². The molecule has 0 saturated carbocycles. The van der Waals surface area contributed by atoms with E-state index in [0.717, 1.165) is 0 Å². The first-order valence-electron chi connectivity index (χ1n) is 7.19. The summed E-state index contributed by atoms with van der Waals surface area (Å²) in [4.78, 5) is 0. The van der Waals surface area contributed by atoms with Crippen LogP contribution in [0.25, 0.3) is 0 Å². The highest BCUT2D eigenvalue weighted by Crippen LogP contribution is 2.40. The van der Waals surface area contributed by atoms with Crippen LogP contribution < -0.4 is 18.9 Å². The molecule has 1 atom stereocenters. The van der Waals surface area contributed by atoms with Crippen LogP contribution in [-0.4, -0.2) is 33.5 Å². The molecule has 5 nitrogen and oxygen atoms in total. The van der Waals surface area contributed by atoms with Crippen LogP contribution in [0.4, 0.5) is 0 Å². The summed E-state index contributed by atoms with van der Waals surface area (Å²) < 4.78 is 21.1. The lowest BCUT2D eigenvalue weighted by atomic mass is 9.86. The molecule has 1 unspecified atom stereocenters. The monoisotopic (exact) mass is 328 g/mol. The Morgan fingerprint density at radius 3 is 2.04 bits per heavy atom. The molecule has 1 N–H and O–H groups in total. The van der Waals surface area contributed by atoms with E-state index in [1.54, 1.807) is 43.5 Å². The molecule has 0 radical (unpaired) electrons. The molecule has 0 amide bonds. The molecule has 126 valence electrons. The van der Waals surface area contributed by atoms with Gasteiger partial charge in [0.05, 0.1) is 28.4 Å². The molecule has 0 aliphatic heterocycles. The van der Waals surface area contributed by atoms with Crippen LogP contribution in [0.3, 0.4) is 0 Å². The van der Waals surface area contributed by atoms with Gasteiger partial charge in [-0.15, -0.1) is 6.42 Å². The summed E-state index contributed by atoms with van der Waals surface area (Å²) in [5, 5.41) is 11.2. The van der Waals surface area contributed by atoms with Crippen LogP contribution in [0.2, 0.25) is 0 Å². The molecule has 24 heavy (non-hydrogen) atoms. The Balaban J connectivity index is 2.63. The molecule has 0 saturated heterocycles. The summed E-state index contributed by atoms with van der Waals surface area (Å²) >= 11 is 0. The minimum absolute atomic E-state index is 0.421. The molecule has 0 bridgehead atoms. The Morgan fingerprint density at radius 2 is 1.50 bits per heavy atom. The van der Waals surface area contributed by atoms with Crippen LogP contribution in [-0.2, 0) is 5.60 Å². The van der Waals surface area contributed by atoms with Crippen LogP contribution >= 0.6 is 0 Å². The van der Waals surface area contributed by atoms with Crippen molar-refractivity contribution in [1.82, 2.24) is 0 Å². The van der Waals surface area contributed by atoms with E-state index in [0.29, 0.717) is 34.1 Å². The molecule has 0 heterocycles. The van der Waals surface area contributed by atoms with Crippen molar-refractivity contribution in [3.63, 3.8) is 0 Å². The van der Waals surface area contributed by atoms with Crippen molar-refractivity contribution >= 4 is 0 Å². The number of terminal acetylenes is 1. The number of benzene rings is 2. The number of hydrogen-bond donors (Lipinski definition) is 1. The second-order valence-corrected chi connectivity index (χ2v) is 4.99. The van der Waals surface area contributed by atoms with Crippen molar-refractivity contribution in [2.24, 2.45) is 0 Å². The summed E-state index contributed by atoms with van der Waals surface area (Å²) in [6, 6.07) is 10.1. The molecule has 5 heteroatoms. The van der Waals surface area contributed by atoms with E-state index in [1.165, 1.54) is 21.3 Å². The maximum atomic E-state index is 11.2. The predicted octanol–water partition coefficient (Wildman–Crippen LogP) is 2.59. The van der Waals surface area contributed by atoms with Gasteiger partial charge in [0.25, 0.3) is 0 Å². The highest BCUT2D eigenvalue weighted by Gasteiger charge is 2.33. The van der Waals surface area contributed by atoms with Crippen LogP contribution in [0.15, 0.2) is 36.4 Å². The molecule has 0 aliphatic rings. The van der Waals surface area contributed by atoms with Gasteiger partial charge < -0.3 is 24.1 Å². The van der Waals surface area contributed by atoms with E-state index < -0.39 is 5.60 Å². The Labute approximate surface area is 141 Å². The van der Waals surface area contributed by atoms with E-state index in [4.69, 9.17) is 25.4 Å². The zero-order valence-corrected chi connectivity index (χ0v) is 14.1. The van der Waals surface area contributed by atoms with Crippen LogP contribution in [0.1, 0.15) is 11.1 Å². The average molecular weight is 328 g/mol.